The third kappa shape index (κ3) is 3.36. The van der Waals surface area contributed by atoms with E-state index < -0.39 is 5.54 Å². The van der Waals surface area contributed by atoms with Crippen molar-refractivity contribution in [3.05, 3.63) is 28.8 Å². The third-order valence-corrected chi connectivity index (χ3v) is 3.11. The highest BCUT2D eigenvalue weighted by atomic mass is 35.5. The van der Waals surface area contributed by atoms with Crippen LogP contribution in [0.5, 0.6) is 5.75 Å². The second kappa shape index (κ2) is 5.39. The van der Waals surface area contributed by atoms with Gasteiger partial charge in [-0.2, -0.15) is 5.26 Å². The Kier molecular flexibility index (Phi) is 4.39. The molecule has 0 amide bonds. The molecule has 0 saturated heterocycles. The van der Waals surface area contributed by atoms with Crippen LogP contribution in [0.2, 0.25) is 5.02 Å². The Balaban J connectivity index is 2.95. The molecule has 3 nitrogen and oxygen atoms in total. The first kappa shape index (κ1) is 13.8. The number of halogens is 1. The number of nitriles is 1. The Morgan fingerprint density at radius 1 is 1.47 bits per heavy atom. The summed E-state index contributed by atoms with van der Waals surface area (Å²) in [4.78, 5) is 1.96. The average molecular weight is 253 g/mol. The molecule has 0 N–H and O–H groups in total. The average Bonchev–Trinajstić information content (AvgIpc) is 2.29. The summed E-state index contributed by atoms with van der Waals surface area (Å²) in [5, 5.41) is 9.74. The largest absolute Gasteiger partial charge is 0.496 e. The van der Waals surface area contributed by atoms with E-state index in [-0.39, 0.29) is 0 Å². The maximum Gasteiger partial charge on any atom is 0.123 e. The summed E-state index contributed by atoms with van der Waals surface area (Å²) in [6, 6.07) is 7.76. The van der Waals surface area contributed by atoms with Crippen LogP contribution in [0.3, 0.4) is 0 Å². The monoisotopic (exact) mass is 252 g/mol. The van der Waals surface area contributed by atoms with Crippen molar-refractivity contribution < 1.29 is 4.74 Å². The lowest BCUT2D eigenvalue weighted by Gasteiger charge is -2.29. The van der Waals surface area contributed by atoms with Gasteiger partial charge in [-0.1, -0.05) is 11.6 Å². The second-order valence-corrected chi connectivity index (χ2v) is 4.92. The van der Waals surface area contributed by atoms with Crippen LogP contribution in [0, 0.1) is 11.3 Å². The van der Waals surface area contributed by atoms with Gasteiger partial charge in [-0.15, -0.1) is 0 Å². The SMILES string of the molecule is COc1ccc(Cl)cc1CN(C)C(C)(C)C#N. The molecule has 1 rings (SSSR count). The van der Waals surface area contributed by atoms with E-state index >= 15 is 0 Å². The Morgan fingerprint density at radius 2 is 2.12 bits per heavy atom. The molecule has 0 unspecified atom stereocenters. The molecule has 0 saturated carbocycles. The quantitative estimate of drug-likeness (QED) is 0.826. The smallest absolute Gasteiger partial charge is 0.123 e. The molecule has 0 fully saturated rings. The minimum absolute atomic E-state index is 0.521. The summed E-state index contributed by atoms with van der Waals surface area (Å²) >= 11 is 5.97. The predicted octanol–water partition coefficient (Wildman–Crippen LogP) is 3.08. The van der Waals surface area contributed by atoms with E-state index in [1.54, 1.807) is 13.2 Å². The normalized spacial score (nSPS) is 11.4. The highest BCUT2D eigenvalue weighted by Crippen LogP contribution is 2.25. The van der Waals surface area contributed by atoms with Gasteiger partial charge in [0, 0.05) is 17.1 Å². The zero-order valence-corrected chi connectivity index (χ0v) is 11.4. The van der Waals surface area contributed by atoms with Crippen molar-refractivity contribution in [3.63, 3.8) is 0 Å². The Morgan fingerprint density at radius 3 is 2.65 bits per heavy atom. The first-order chi connectivity index (χ1) is 7.90. The van der Waals surface area contributed by atoms with Gasteiger partial charge in [0.05, 0.1) is 13.2 Å². The fourth-order valence-corrected chi connectivity index (χ4v) is 1.60. The van der Waals surface area contributed by atoms with Crippen LogP contribution in [0.1, 0.15) is 19.4 Å². The van der Waals surface area contributed by atoms with Crippen LogP contribution >= 0.6 is 11.6 Å². The molecular formula is C13H17ClN2O. The Labute approximate surface area is 108 Å². The maximum absolute atomic E-state index is 9.07. The van der Waals surface area contributed by atoms with Gasteiger partial charge in [0.15, 0.2) is 0 Å². The molecule has 0 bridgehead atoms. The maximum atomic E-state index is 9.07. The summed E-state index contributed by atoms with van der Waals surface area (Å²) < 4.78 is 5.28. The van der Waals surface area contributed by atoms with Crippen molar-refractivity contribution in [2.45, 2.75) is 25.9 Å². The molecule has 1 aromatic rings. The van der Waals surface area contributed by atoms with Crippen molar-refractivity contribution in [1.29, 1.82) is 5.26 Å². The van der Waals surface area contributed by atoms with Crippen LogP contribution in [-0.2, 0) is 6.54 Å². The summed E-state index contributed by atoms with van der Waals surface area (Å²) in [5.74, 6) is 0.787. The van der Waals surface area contributed by atoms with Crippen LogP contribution in [-0.4, -0.2) is 24.6 Å². The first-order valence-electron chi connectivity index (χ1n) is 5.35. The lowest BCUT2D eigenvalue weighted by atomic mass is 10.0. The predicted molar refractivity (Wildman–Crippen MR) is 69.2 cm³/mol. The van der Waals surface area contributed by atoms with Gasteiger partial charge < -0.3 is 4.74 Å². The summed E-state index contributed by atoms with van der Waals surface area (Å²) in [5.41, 5.74) is 0.457. The number of benzene rings is 1. The van der Waals surface area contributed by atoms with E-state index in [1.165, 1.54) is 0 Å². The van der Waals surface area contributed by atoms with Crippen molar-refractivity contribution >= 4 is 11.6 Å². The molecule has 4 heteroatoms. The van der Waals surface area contributed by atoms with Crippen molar-refractivity contribution in [3.8, 4) is 11.8 Å². The first-order valence-corrected chi connectivity index (χ1v) is 5.73. The minimum atomic E-state index is -0.521. The van der Waals surface area contributed by atoms with Crippen LogP contribution < -0.4 is 4.74 Å². The van der Waals surface area contributed by atoms with Gasteiger partial charge in [-0.3, -0.25) is 4.90 Å². The molecule has 0 aliphatic heterocycles. The molecule has 0 spiro atoms. The minimum Gasteiger partial charge on any atom is -0.496 e. The van der Waals surface area contributed by atoms with Gasteiger partial charge in [-0.05, 0) is 39.1 Å². The zero-order valence-electron chi connectivity index (χ0n) is 10.6. The topological polar surface area (TPSA) is 36.3 Å². The highest BCUT2D eigenvalue weighted by Gasteiger charge is 2.23. The summed E-state index contributed by atoms with van der Waals surface area (Å²) in [6.07, 6.45) is 0. The number of ether oxygens (including phenoxy) is 1. The molecular weight excluding hydrogens is 236 g/mol. The van der Waals surface area contributed by atoms with Crippen LogP contribution in [0.15, 0.2) is 18.2 Å². The number of hydrogen-bond donors (Lipinski definition) is 0. The van der Waals surface area contributed by atoms with E-state index in [0.29, 0.717) is 11.6 Å². The Bertz CT molecular complexity index is 438. The standard InChI is InChI=1S/C13H17ClN2O/c1-13(2,9-15)16(3)8-10-7-11(14)5-6-12(10)17-4/h5-7H,8H2,1-4H3. The fourth-order valence-electron chi connectivity index (χ4n) is 1.41. The molecule has 0 atom stereocenters. The van der Waals surface area contributed by atoms with E-state index in [2.05, 4.69) is 6.07 Å². The molecule has 0 aliphatic carbocycles. The van der Waals surface area contributed by atoms with Crippen LogP contribution in [0.25, 0.3) is 0 Å². The van der Waals surface area contributed by atoms with E-state index in [4.69, 9.17) is 21.6 Å². The second-order valence-electron chi connectivity index (χ2n) is 4.48. The van der Waals surface area contributed by atoms with Gasteiger partial charge in [-0.25, -0.2) is 0 Å². The Hall–Kier alpha value is -1.24. The third-order valence-electron chi connectivity index (χ3n) is 2.88. The molecule has 0 radical (unpaired) electrons. The number of nitrogens with zero attached hydrogens (tertiary/aromatic N) is 2. The fraction of sp³-hybridized carbons (Fsp3) is 0.462. The van der Waals surface area contributed by atoms with Gasteiger partial charge >= 0.3 is 0 Å². The van der Waals surface area contributed by atoms with Crippen molar-refractivity contribution in [2.24, 2.45) is 0 Å². The van der Waals surface area contributed by atoms with Crippen molar-refractivity contribution in [2.75, 3.05) is 14.2 Å². The van der Waals surface area contributed by atoms with Gasteiger partial charge in [0.1, 0.15) is 11.3 Å². The number of rotatable bonds is 4. The molecule has 92 valence electrons. The molecule has 1 aromatic carbocycles. The van der Waals surface area contributed by atoms with Crippen molar-refractivity contribution in [1.82, 2.24) is 4.90 Å². The molecule has 17 heavy (non-hydrogen) atoms. The van der Waals surface area contributed by atoms with Crippen LogP contribution in [0.4, 0.5) is 0 Å². The number of methoxy groups -OCH3 is 1. The van der Waals surface area contributed by atoms with E-state index in [0.717, 1.165) is 11.3 Å². The van der Waals surface area contributed by atoms with E-state index in [1.807, 2.05) is 37.9 Å². The van der Waals surface area contributed by atoms with E-state index in [9.17, 15) is 0 Å². The van der Waals surface area contributed by atoms with Gasteiger partial charge in [0.2, 0.25) is 0 Å². The molecule has 0 aromatic heterocycles. The zero-order chi connectivity index (χ0) is 13.1. The van der Waals surface area contributed by atoms with Gasteiger partial charge in [0.25, 0.3) is 0 Å². The number of hydrogen-bond acceptors (Lipinski definition) is 3. The lowest BCUT2D eigenvalue weighted by molar-refractivity contribution is 0.200. The highest BCUT2D eigenvalue weighted by molar-refractivity contribution is 6.30. The summed E-state index contributed by atoms with van der Waals surface area (Å²) in [7, 11) is 3.53. The summed E-state index contributed by atoms with van der Waals surface area (Å²) in [6.45, 7) is 4.37. The molecule has 0 aliphatic rings. The lowest BCUT2D eigenvalue weighted by Crippen LogP contribution is -2.39. The molecule has 0 heterocycles.